The summed E-state index contributed by atoms with van der Waals surface area (Å²) in [7, 11) is -1.07. The second-order valence-corrected chi connectivity index (χ2v) is 8.81. The third-order valence-electron chi connectivity index (χ3n) is 3.16. The van der Waals surface area contributed by atoms with Crippen molar-refractivity contribution in [2.24, 2.45) is 5.92 Å². The first-order valence-corrected chi connectivity index (χ1v) is 9.31. The first-order valence-electron chi connectivity index (χ1n) is 7.11. The van der Waals surface area contributed by atoms with E-state index in [2.05, 4.69) is 4.98 Å². The summed E-state index contributed by atoms with van der Waals surface area (Å²) in [6.07, 6.45) is 3.33. The highest BCUT2D eigenvalue weighted by molar-refractivity contribution is 7.87. The number of nitrogens with zero attached hydrogens (tertiary/aromatic N) is 2. The highest BCUT2D eigenvalue weighted by atomic mass is 32.2. The molecule has 0 bridgehead atoms. The molecule has 1 fully saturated rings. The van der Waals surface area contributed by atoms with Crippen LogP contribution in [0.15, 0.2) is 15.9 Å². The summed E-state index contributed by atoms with van der Waals surface area (Å²) in [4.78, 5) is 17.9. The van der Waals surface area contributed by atoms with Crippen LogP contribution in [0.3, 0.4) is 0 Å². The number of carbonyl (C=O) groups excluding carboxylic acids is 1. The first-order chi connectivity index (χ1) is 9.85. The number of likely N-dealkylation sites (tertiary alicyclic amines) is 1. The molecule has 1 amide bonds. The average Bonchev–Trinajstić information content (AvgIpc) is 2.91. The molecule has 0 spiro atoms. The van der Waals surface area contributed by atoms with Gasteiger partial charge in [0.15, 0.2) is 4.34 Å². The SMILES string of the molecule is CC(C)(C)OC(=O)N1CCC[C@@H](C[S@](=O)c2nccs2)C1. The molecule has 1 aliphatic rings. The van der Waals surface area contributed by atoms with Crippen LogP contribution in [0.1, 0.15) is 33.6 Å². The predicted octanol–water partition coefficient (Wildman–Crippen LogP) is 2.90. The van der Waals surface area contributed by atoms with E-state index in [4.69, 9.17) is 4.74 Å². The van der Waals surface area contributed by atoms with Crippen molar-refractivity contribution in [3.8, 4) is 0 Å². The maximum absolute atomic E-state index is 12.2. The predicted molar refractivity (Wildman–Crippen MR) is 83.9 cm³/mol. The van der Waals surface area contributed by atoms with E-state index in [1.54, 1.807) is 11.1 Å². The Kier molecular flexibility index (Phi) is 5.37. The van der Waals surface area contributed by atoms with Gasteiger partial charge in [0.2, 0.25) is 0 Å². The molecule has 0 N–H and O–H groups in total. The van der Waals surface area contributed by atoms with Crippen LogP contribution in [0.2, 0.25) is 0 Å². The van der Waals surface area contributed by atoms with Crippen LogP contribution in [0.25, 0.3) is 0 Å². The van der Waals surface area contributed by atoms with Crippen molar-refractivity contribution in [3.05, 3.63) is 11.6 Å². The van der Waals surface area contributed by atoms with Crippen LogP contribution in [-0.2, 0) is 15.5 Å². The molecule has 21 heavy (non-hydrogen) atoms. The molecule has 0 radical (unpaired) electrons. The molecule has 0 unspecified atom stereocenters. The van der Waals surface area contributed by atoms with Gasteiger partial charge in [-0.05, 0) is 39.5 Å². The highest BCUT2D eigenvalue weighted by Gasteiger charge is 2.28. The standard InChI is InChI=1S/C14H22N2O3S2/c1-14(2,3)19-13(17)16-7-4-5-11(9-16)10-21(18)12-15-6-8-20-12/h6,8,11H,4-5,7,9-10H2,1-3H3/t11-,21+/m1/s1. The Morgan fingerprint density at radius 3 is 2.95 bits per heavy atom. The van der Waals surface area contributed by atoms with Gasteiger partial charge in [-0.2, -0.15) is 0 Å². The summed E-state index contributed by atoms with van der Waals surface area (Å²) in [6.45, 7) is 6.93. The third-order valence-corrected chi connectivity index (χ3v) is 5.84. The number of amides is 1. The van der Waals surface area contributed by atoms with Crippen molar-refractivity contribution >= 4 is 28.2 Å². The van der Waals surface area contributed by atoms with Gasteiger partial charge in [-0.15, -0.1) is 11.3 Å². The smallest absolute Gasteiger partial charge is 0.410 e. The van der Waals surface area contributed by atoms with Gasteiger partial charge < -0.3 is 9.64 Å². The molecular weight excluding hydrogens is 308 g/mol. The Balaban J connectivity index is 1.89. The number of aromatic nitrogens is 1. The molecule has 1 aromatic heterocycles. The summed E-state index contributed by atoms with van der Waals surface area (Å²) in [5.41, 5.74) is -0.478. The Labute approximate surface area is 132 Å². The van der Waals surface area contributed by atoms with Crippen molar-refractivity contribution in [2.45, 2.75) is 43.6 Å². The summed E-state index contributed by atoms with van der Waals surface area (Å²) < 4.78 is 18.3. The molecule has 0 aromatic carbocycles. The van der Waals surface area contributed by atoms with E-state index in [-0.39, 0.29) is 12.0 Å². The number of hydrogen-bond donors (Lipinski definition) is 0. The summed E-state index contributed by atoms with van der Waals surface area (Å²) >= 11 is 1.42. The zero-order chi connectivity index (χ0) is 15.5. The molecule has 118 valence electrons. The highest BCUT2D eigenvalue weighted by Crippen LogP contribution is 2.22. The topological polar surface area (TPSA) is 59.5 Å². The number of piperidine rings is 1. The van der Waals surface area contributed by atoms with Crippen LogP contribution in [0.4, 0.5) is 4.79 Å². The van der Waals surface area contributed by atoms with Crippen molar-refractivity contribution in [1.29, 1.82) is 0 Å². The molecule has 0 aliphatic carbocycles. The summed E-state index contributed by atoms with van der Waals surface area (Å²) in [5, 5.41) is 1.83. The number of hydrogen-bond acceptors (Lipinski definition) is 5. The van der Waals surface area contributed by atoms with Gasteiger partial charge in [-0.25, -0.2) is 9.78 Å². The maximum atomic E-state index is 12.2. The lowest BCUT2D eigenvalue weighted by Crippen LogP contribution is -2.43. The van der Waals surface area contributed by atoms with Gasteiger partial charge >= 0.3 is 6.09 Å². The van der Waals surface area contributed by atoms with Gasteiger partial charge in [-0.3, -0.25) is 4.21 Å². The van der Waals surface area contributed by atoms with E-state index < -0.39 is 16.4 Å². The van der Waals surface area contributed by atoms with Crippen LogP contribution in [0.5, 0.6) is 0 Å². The summed E-state index contributed by atoms with van der Waals surface area (Å²) in [6, 6.07) is 0. The van der Waals surface area contributed by atoms with Crippen LogP contribution in [0, 0.1) is 5.92 Å². The minimum absolute atomic E-state index is 0.246. The molecule has 0 saturated carbocycles. The molecule has 2 rings (SSSR count). The van der Waals surface area contributed by atoms with Crippen LogP contribution in [-0.4, -0.2) is 44.6 Å². The molecule has 1 saturated heterocycles. The molecule has 5 nitrogen and oxygen atoms in total. The second-order valence-electron chi connectivity index (χ2n) is 6.24. The van der Waals surface area contributed by atoms with Crippen molar-refractivity contribution in [1.82, 2.24) is 9.88 Å². The fourth-order valence-corrected chi connectivity index (χ4v) is 4.48. The van der Waals surface area contributed by atoms with Crippen molar-refractivity contribution in [2.75, 3.05) is 18.8 Å². The molecular formula is C14H22N2O3S2. The van der Waals surface area contributed by atoms with Gasteiger partial charge in [0.05, 0.1) is 10.8 Å². The number of rotatable bonds is 3. The third kappa shape index (κ3) is 5.07. The van der Waals surface area contributed by atoms with Crippen molar-refractivity contribution < 1.29 is 13.7 Å². The minimum Gasteiger partial charge on any atom is -0.444 e. The fraction of sp³-hybridized carbons (Fsp3) is 0.714. The molecule has 1 aliphatic heterocycles. The Hall–Kier alpha value is -0.950. The monoisotopic (exact) mass is 330 g/mol. The first kappa shape index (κ1) is 16.4. The molecule has 2 atom stereocenters. The molecule has 7 heteroatoms. The normalized spacial score (nSPS) is 21.1. The Morgan fingerprint density at radius 1 is 1.57 bits per heavy atom. The number of thiazole rings is 1. The lowest BCUT2D eigenvalue weighted by molar-refractivity contribution is 0.0176. The second kappa shape index (κ2) is 6.87. The zero-order valence-corrected chi connectivity index (χ0v) is 14.3. The van der Waals surface area contributed by atoms with E-state index in [0.29, 0.717) is 16.6 Å². The van der Waals surface area contributed by atoms with E-state index in [0.717, 1.165) is 19.4 Å². The van der Waals surface area contributed by atoms with E-state index in [9.17, 15) is 9.00 Å². The summed E-state index contributed by atoms with van der Waals surface area (Å²) in [5.74, 6) is 0.809. The van der Waals surface area contributed by atoms with Gasteiger partial charge in [0, 0.05) is 30.4 Å². The van der Waals surface area contributed by atoms with Gasteiger partial charge in [-0.1, -0.05) is 0 Å². The van der Waals surface area contributed by atoms with Crippen molar-refractivity contribution in [3.63, 3.8) is 0 Å². The van der Waals surface area contributed by atoms with E-state index in [1.165, 1.54) is 11.3 Å². The number of carbonyl (C=O) groups is 1. The average molecular weight is 330 g/mol. The Bertz CT molecular complexity index is 497. The molecule has 1 aromatic rings. The Morgan fingerprint density at radius 2 is 2.33 bits per heavy atom. The fourth-order valence-electron chi connectivity index (χ4n) is 2.30. The van der Waals surface area contributed by atoms with Crippen LogP contribution >= 0.6 is 11.3 Å². The minimum atomic E-state index is -1.07. The van der Waals surface area contributed by atoms with E-state index >= 15 is 0 Å². The quantitative estimate of drug-likeness (QED) is 0.855. The van der Waals surface area contributed by atoms with Gasteiger partial charge in [0.25, 0.3) is 0 Å². The van der Waals surface area contributed by atoms with Gasteiger partial charge in [0.1, 0.15) is 5.60 Å². The van der Waals surface area contributed by atoms with Crippen LogP contribution < -0.4 is 0 Å². The number of ether oxygens (including phenoxy) is 1. The largest absolute Gasteiger partial charge is 0.444 e. The maximum Gasteiger partial charge on any atom is 0.410 e. The molecule has 2 heterocycles. The zero-order valence-electron chi connectivity index (χ0n) is 12.7. The lowest BCUT2D eigenvalue weighted by atomic mass is 10.0. The lowest BCUT2D eigenvalue weighted by Gasteiger charge is -2.33. The van der Waals surface area contributed by atoms with E-state index in [1.807, 2.05) is 26.2 Å².